The first-order valence-electron chi connectivity index (χ1n) is 21.3. The largest absolute Gasteiger partial charge is 0.394 e. The van der Waals surface area contributed by atoms with Crippen molar-refractivity contribution in [2.24, 2.45) is 52.3 Å². The third kappa shape index (κ3) is 8.00. The zero-order chi connectivity index (χ0) is 41.9. The molecule has 4 saturated carbocycles. The van der Waals surface area contributed by atoms with Crippen LogP contribution in [0.1, 0.15) is 86.0 Å². The summed E-state index contributed by atoms with van der Waals surface area (Å²) in [7, 11) is 1.32. The minimum atomic E-state index is -1.47. The van der Waals surface area contributed by atoms with Gasteiger partial charge in [0.25, 0.3) is 0 Å². The molecule has 0 bridgehead atoms. The highest BCUT2D eigenvalue weighted by molar-refractivity contribution is 5.22. The molecule has 0 spiro atoms. The number of aliphatic hydroxyl groups is 11. The Morgan fingerprint density at radius 3 is 2.09 bits per heavy atom. The van der Waals surface area contributed by atoms with E-state index < -0.39 is 121 Å². The van der Waals surface area contributed by atoms with Gasteiger partial charge in [0.15, 0.2) is 12.6 Å². The van der Waals surface area contributed by atoms with E-state index in [9.17, 15) is 56.2 Å². The number of ether oxygens (including phenoxy) is 5. The average molecular weight is 821 g/mol. The van der Waals surface area contributed by atoms with E-state index in [0.29, 0.717) is 38.5 Å². The predicted octanol–water partition coefficient (Wildman–Crippen LogP) is -0.983. The van der Waals surface area contributed by atoms with Crippen LogP contribution < -0.4 is 0 Å². The van der Waals surface area contributed by atoms with Gasteiger partial charge in [0.2, 0.25) is 0 Å². The summed E-state index contributed by atoms with van der Waals surface area (Å²) in [5, 5.41) is 121. The van der Waals surface area contributed by atoms with Crippen LogP contribution in [0.15, 0.2) is 0 Å². The van der Waals surface area contributed by atoms with Crippen LogP contribution in [-0.2, 0) is 23.7 Å². The summed E-state index contributed by atoms with van der Waals surface area (Å²) < 4.78 is 28.9. The SMILES string of the molecule is CO[C@H]1[C@H](O[C@H]2[C@H](OCC[C@@H](CC[C@@H](C)[C@H]3[C@@H](O)[C@H](O)[C@@H]4[C@]3(C)CC[C@@H]3[C@@]5(C)CC[C@H](O)[C@H](O)[C@@H]5[C@H](O)C[C@]34O)C(C)C)O[C@@H]([C@H](O)CO)[C@@H]2O)OC[C@@H](O)[C@@H]1O. The van der Waals surface area contributed by atoms with E-state index in [1.807, 2.05) is 6.92 Å². The summed E-state index contributed by atoms with van der Waals surface area (Å²) in [6, 6.07) is 0. The highest BCUT2D eigenvalue weighted by Crippen LogP contribution is 2.70. The van der Waals surface area contributed by atoms with Crippen molar-refractivity contribution >= 4 is 0 Å². The maximum Gasteiger partial charge on any atom is 0.187 e. The van der Waals surface area contributed by atoms with Gasteiger partial charge in [0.1, 0.15) is 42.7 Å². The fourth-order valence-electron chi connectivity index (χ4n) is 13.1. The summed E-state index contributed by atoms with van der Waals surface area (Å²) in [5.74, 6) is -1.59. The van der Waals surface area contributed by atoms with Crippen LogP contribution in [0.3, 0.4) is 0 Å². The third-order valence-electron chi connectivity index (χ3n) is 16.0. The first kappa shape index (κ1) is 45.9. The summed E-state index contributed by atoms with van der Waals surface area (Å²) >= 11 is 0. The van der Waals surface area contributed by atoms with Crippen LogP contribution in [0.2, 0.25) is 0 Å². The molecule has 23 atom stereocenters. The van der Waals surface area contributed by atoms with Crippen molar-refractivity contribution in [3.8, 4) is 0 Å². The summed E-state index contributed by atoms with van der Waals surface area (Å²) in [6.45, 7) is 9.63. The molecule has 2 aliphatic heterocycles. The molecule has 16 nitrogen and oxygen atoms in total. The Kier molecular flexibility index (Phi) is 14.2. The summed E-state index contributed by atoms with van der Waals surface area (Å²) in [6.07, 6.45) is -12.5. The van der Waals surface area contributed by atoms with E-state index in [-0.39, 0.29) is 49.2 Å². The maximum atomic E-state index is 12.7. The van der Waals surface area contributed by atoms with Gasteiger partial charge in [0.05, 0.1) is 55.9 Å². The number of hydrogen-bond acceptors (Lipinski definition) is 16. The molecule has 2 heterocycles. The highest BCUT2D eigenvalue weighted by atomic mass is 16.8. The minimum Gasteiger partial charge on any atom is -0.394 e. The van der Waals surface area contributed by atoms with Crippen molar-refractivity contribution in [3.63, 3.8) is 0 Å². The monoisotopic (exact) mass is 820 g/mol. The van der Waals surface area contributed by atoms with Gasteiger partial charge >= 0.3 is 0 Å². The Bertz CT molecular complexity index is 1330. The molecule has 332 valence electrons. The van der Waals surface area contributed by atoms with Gasteiger partial charge < -0.3 is 79.9 Å². The smallest absolute Gasteiger partial charge is 0.187 e. The highest BCUT2D eigenvalue weighted by Gasteiger charge is 2.73. The lowest BCUT2D eigenvalue weighted by Crippen LogP contribution is -2.71. The van der Waals surface area contributed by atoms with E-state index in [1.165, 1.54) is 7.11 Å². The fraction of sp³-hybridized carbons (Fsp3) is 1.00. The van der Waals surface area contributed by atoms with E-state index in [2.05, 4.69) is 27.7 Å². The normalized spacial score (nSPS) is 51.6. The second-order valence-corrected chi connectivity index (χ2v) is 19.5. The van der Waals surface area contributed by atoms with Gasteiger partial charge in [-0.25, -0.2) is 0 Å². The number of fused-ring (bicyclic) bond motifs is 5. The van der Waals surface area contributed by atoms with Crippen LogP contribution in [0, 0.1) is 52.3 Å². The molecule has 6 rings (SSSR count). The Morgan fingerprint density at radius 2 is 1.44 bits per heavy atom. The number of methoxy groups -OCH3 is 1. The molecular formula is C41H72O16. The lowest BCUT2D eigenvalue weighted by atomic mass is 9.41. The van der Waals surface area contributed by atoms with Crippen LogP contribution in [0.5, 0.6) is 0 Å². The van der Waals surface area contributed by atoms with Gasteiger partial charge in [-0.2, -0.15) is 0 Å². The number of hydrogen-bond donors (Lipinski definition) is 11. The van der Waals surface area contributed by atoms with E-state index in [0.717, 1.165) is 6.42 Å². The summed E-state index contributed by atoms with van der Waals surface area (Å²) in [4.78, 5) is 0. The van der Waals surface area contributed by atoms with Crippen molar-refractivity contribution in [3.05, 3.63) is 0 Å². The molecule has 16 heteroatoms. The van der Waals surface area contributed by atoms with E-state index in [1.54, 1.807) is 0 Å². The molecule has 11 N–H and O–H groups in total. The molecule has 4 aliphatic carbocycles. The van der Waals surface area contributed by atoms with Crippen molar-refractivity contribution in [1.82, 2.24) is 0 Å². The number of rotatable bonds is 14. The van der Waals surface area contributed by atoms with Gasteiger partial charge in [-0.15, -0.1) is 0 Å². The standard InChI is InChI=1S/C41H72O16/c1-18(2)20(11-14-54-38-35(32(51)33(56-38)23(45)16-42)57-37-34(53-6)29(48)24(46)17-55-37)8-7-19(3)26-30(49)31(50)36-40(26,5)13-10-25-39(4)12-9-21(43)28(47)27(39)22(44)15-41(25,36)52/h18-38,42-52H,7-17H2,1-6H3/t19-,20-,21+,22-,23-,24-,25-,26+,27+,28+,29+,30-,31+,32+,33+,34-,35-,36-,37+,38-,39-,40-,41+/m1/s1. The van der Waals surface area contributed by atoms with Crippen molar-refractivity contribution in [1.29, 1.82) is 0 Å². The van der Waals surface area contributed by atoms with Gasteiger partial charge in [-0.1, -0.05) is 41.0 Å². The molecule has 0 radical (unpaired) electrons. The molecule has 0 amide bonds. The predicted molar refractivity (Wildman–Crippen MR) is 201 cm³/mol. The molecule has 0 unspecified atom stereocenters. The zero-order valence-electron chi connectivity index (χ0n) is 34.4. The van der Waals surface area contributed by atoms with E-state index in [4.69, 9.17) is 23.7 Å². The maximum absolute atomic E-state index is 12.7. The minimum absolute atomic E-state index is 0.0403. The third-order valence-corrected chi connectivity index (χ3v) is 16.0. The quantitative estimate of drug-likeness (QED) is 0.101. The molecule has 0 aromatic rings. The lowest BCUT2D eigenvalue weighted by Gasteiger charge is -2.66. The van der Waals surface area contributed by atoms with E-state index >= 15 is 0 Å². The van der Waals surface area contributed by atoms with Crippen LogP contribution in [-0.4, -0.2) is 175 Å². The van der Waals surface area contributed by atoms with Crippen molar-refractivity contribution in [2.45, 2.75) is 177 Å². The van der Waals surface area contributed by atoms with Crippen LogP contribution in [0.4, 0.5) is 0 Å². The average Bonchev–Trinajstić information content (AvgIpc) is 3.56. The first-order valence-corrected chi connectivity index (χ1v) is 21.3. The van der Waals surface area contributed by atoms with Crippen molar-refractivity contribution < 1.29 is 79.9 Å². The Hall–Kier alpha value is -0.640. The fourth-order valence-corrected chi connectivity index (χ4v) is 13.1. The second kappa shape index (κ2) is 17.6. The van der Waals surface area contributed by atoms with Crippen LogP contribution >= 0.6 is 0 Å². The molecule has 6 aliphatic rings. The lowest BCUT2D eigenvalue weighted by molar-refractivity contribution is -0.307. The number of aliphatic hydroxyl groups excluding tert-OH is 10. The Labute approximate surface area is 336 Å². The molecule has 6 fully saturated rings. The molecule has 0 aromatic carbocycles. The van der Waals surface area contributed by atoms with Gasteiger partial charge in [-0.3, -0.25) is 0 Å². The molecule has 2 saturated heterocycles. The molecular weight excluding hydrogens is 748 g/mol. The zero-order valence-corrected chi connectivity index (χ0v) is 34.4. The van der Waals surface area contributed by atoms with Crippen LogP contribution in [0.25, 0.3) is 0 Å². The molecule has 57 heavy (non-hydrogen) atoms. The first-order chi connectivity index (χ1) is 26.8. The van der Waals surface area contributed by atoms with Gasteiger partial charge in [-0.05, 0) is 78.9 Å². The van der Waals surface area contributed by atoms with Crippen molar-refractivity contribution in [2.75, 3.05) is 26.9 Å². The second-order valence-electron chi connectivity index (χ2n) is 19.5. The Morgan fingerprint density at radius 1 is 0.754 bits per heavy atom. The van der Waals surface area contributed by atoms with Gasteiger partial charge in [0, 0.05) is 25.4 Å². The Balaban J connectivity index is 1.10. The summed E-state index contributed by atoms with van der Waals surface area (Å²) in [5.41, 5.74) is -2.74. The topological polar surface area (TPSA) is 269 Å². The molecule has 0 aromatic heterocycles.